The molecule has 10 heteroatoms. The summed E-state index contributed by atoms with van der Waals surface area (Å²) in [5.41, 5.74) is 0.566. The van der Waals surface area contributed by atoms with Gasteiger partial charge in [-0.15, -0.1) is 0 Å². The number of rotatable bonds is 11. The average molecular weight is 496 g/mol. The molecular weight excluding hydrogens is 464 g/mol. The second-order valence-corrected chi connectivity index (χ2v) is 10.0. The van der Waals surface area contributed by atoms with Crippen molar-refractivity contribution in [2.75, 3.05) is 17.1 Å². The Morgan fingerprint density at radius 3 is 2.18 bits per heavy atom. The number of nitrogens with one attached hydrogen (secondary N) is 1. The first kappa shape index (κ1) is 27.2. The van der Waals surface area contributed by atoms with Gasteiger partial charge in [-0.25, -0.2) is 17.2 Å². The summed E-state index contributed by atoms with van der Waals surface area (Å²) < 4.78 is 52.9. The number of hydrogen-bond donors (Lipinski definition) is 1. The van der Waals surface area contributed by atoms with Crippen LogP contribution in [0.1, 0.15) is 39.2 Å². The molecule has 0 bridgehead atoms. The van der Waals surface area contributed by atoms with Crippen molar-refractivity contribution in [2.45, 2.75) is 52.2 Å². The van der Waals surface area contributed by atoms with E-state index in [1.807, 2.05) is 13.8 Å². The van der Waals surface area contributed by atoms with Gasteiger partial charge in [-0.1, -0.05) is 32.0 Å². The Hall–Kier alpha value is -3.01. The Balaban J connectivity index is 2.43. The lowest BCUT2D eigenvalue weighted by atomic mass is 10.1. The number of carbonyl (C=O) groups excluding carboxylic acids is 2. The fourth-order valence-corrected chi connectivity index (χ4v) is 4.23. The van der Waals surface area contributed by atoms with E-state index in [1.165, 1.54) is 47.4 Å². The number of carbonyl (C=O) groups is 2. The zero-order valence-corrected chi connectivity index (χ0v) is 20.6. The van der Waals surface area contributed by atoms with Crippen molar-refractivity contribution in [1.82, 2.24) is 10.2 Å². The highest BCUT2D eigenvalue weighted by Gasteiger charge is 2.32. The van der Waals surface area contributed by atoms with Gasteiger partial charge in [0.25, 0.3) is 0 Å². The maximum Gasteiger partial charge on any atom is 0.244 e. The third kappa shape index (κ3) is 7.51. The number of halogens is 2. The molecule has 0 saturated carbocycles. The van der Waals surface area contributed by atoms with Crippen molar-refractivity contribution in [2.24, 2.45) is 0 Å². The Kier molecular flexibility index (Phi) is 9.55. The maximum atomic E-state index is 13.8. The molecule has 0 aliphatic carbocycles. The Labute approximate surface area is 199 Å². The number of anilines is 1. The van der Waals surface area contributed by atoms with Crippen molar-refractivity contribution in [3.05, 3.63) is 65.7 Å². The Morgan fingerprint density at radius 2 is 1.65 bits per heavy atom. The second kappa shape index (κ2) is 11.9. The molecule has 0 radical (unpaired) electrons. The fraction of sp³-hybridized carbons (Fsp3) is 0.417. The summed E-state index contributed by atoms with van der Waals surface area (Å²) in [6.07, 6.45) is 1.88. The van der Waals surface area contributed by atoms with Crippen molar-refractivity contribution < 1.29 is 26.8 Å². The monoisotopic (exact) mass is 495 g/mol. The van der Waals surface area contributed by atoms with E-state index in [0.29, 0.717) is 12.0 Å². The van der Waals surface area contributed by atoms with Gasteiger partial charge in [0.2, 0.25) is 21.8 Å². The van der Waals surface area contributed by atoms with E-state index in [9.17, 15) is 26.8 Å². The third-order valence-electron chi connectivity index (χ3n) is 5.43. The summed E-state index contributed by atoms with van der Waals surface area (Å²) in [7, 11) is -3.95. The lowest BCUT2D eigenvalue weighted by Crippen LogP contribution is -2.53. The summed E-state index contributed by atoms with van der Waals surface area (Å²) in [6.45, 7) is 4.83. The summed E-state index contributed by atoms with van der Waals surface area (Å²) in [4.78, 5) is 27.7. The standard InChI is InChI=1S/C24H31F2N3O4S/c1-5-17(3)27-24(31)22(6-2)28(15-18-10-12-19(25)13-11-18)23(30)16-29(34(4,32)33)21-9-7-8-20(26)14-21/h7-14,17,22H,5-6,15-16H2,1-4H3,(H,27,31)/t17-,22-/m0/s1. The predicted molar refractivity (Wildman–Crippen MR) is 128 cm³/mol. The summed E-state index contributed by atoms with van der Waals surface area (Å²) in [5.74, 6) is -2.12. The minimum Gasteiger partial charge on any atom is -0.352 e. The third-order valence-corrected chi connectivity index (χ3v) is 6.57. The molecule has 0 heterocycles. The lowest BCUT2D eigenvalue weighted by molar-refractivity contribution is -0.140. The molecule has 1 N–H and O–H groups in total. The molecule has 0 unspecified atom stereocenters. The van der Waals surface area contributed by atoms with Crippen LogP contribution in [0, 0.1) is 11.6 Å². The molecule has 2 aromatic carbocycles. The van der Waals surface area contributed by atoms with Crippen LogP contribution in [-0.2, 0) is 26.2 Å². The second-order valence-electron chi connectivity index (χ2n) is 8.14. The van der Waals surface area contributed by atoms with Crippen molar-refractivity contribution >= 4 is 27.5 Å². The van der Waals surface area contributed by atoms with Crippen LogP contribution in [0.3, 0.4) is 0 Å². The van der Waals surface area contributed by atoms with E-state index < -0.39 is 40.2 Å². The largest absolute Gasteiger partial charge is 0.352 e. The molecule has 0 saturated heterocycles. The molecule has 2 amide bonds. The first-order valence-corrected chi connectivity index (χ1v) is 12.9. The molecule has 34 heavy (non-hydrogen) atoms. The average Bonchev–Trinajstić information content (AvgIpc) is 2.77. The van der Waals surface area contributed by atoms with E-state index >= 15 is 0 Å². The van der Waals surface area contributed by atoms with Gasteiger partial charge in [-0.3, -0.25) is 13.9 Å². The highest BCUT2D eigenvalue weighted by Crippen LogP contribution is 2.20. The normalized spacial score (nSPS) is 13.1. The minimum absolute atomic E-state index is 0.00492. The van der Waals surface area contributed by atoms with Gasteiger partial charge in [-0.2, -0.15) is 0 Å². The molecule has 0 aliphatic rings. The van der Waals surface area contributed by atoms with Crippen LogP contribution < -0.4 is 9.62 Å². The highest BCUT2D eigenvalue weighted by atomic mass is 32.2. The Morgan fingerprint density at radius 1 is 1.00 bits per heavy atom. The highest BCUT2D eigenvalue weighted by molar-refractivity contribution is 7.92. The molecule has 2 aromatic rings. The van der Waals surface area contributed by atoms with Crippen LogP contribution in [0.2, 0.25) is 0 Å². The number of hydrogen-bond acceptors (Lipinski definition) is 4. The van der Waals surface area contributed by atoms with Gasteiger partial charge in [0.05, 0.1) is 11.9 Å². The van der Waals surface area contributed by atoms with Gasteiger partial charge in [-0.05, 0) is 55.7 Å². The quantitative estimate of drug-likeness (QED) is 0.517. The van der Waals surface area contributed by atoms with Crippen molar-refractivity contribution in [3.8, 4) is 0 Å². The van der Waals surface area contributed by atoms with Crippen LogP contribution in [-0.4, -0.2) is 50.0 Å². The van der Waals surface area contributed by atoms with Crippen LogP contribution in [0.4, 0.5) is 14.5 Å². The molecular formula is C24H31F2N3O4S. The molecule has 2 atom stereocenters. The molecule has 7 nitrogen and oxygen atoms in total. The van der Waals surface area contributed by atoms with E-state index in [-0.39, 0.29) is 30.6 Å². The fourth-order valence-electron chi connectivity index (χ4n) is 3.39. The van der Waals surface area contributed by atoms with Crippen molar-refractivity contribution in [3.63, 3.8) is 0 Å². The summed E-state index contributed by atoms with van der Waals surface area (Å²) in [5, 5.41) is 2.86. The van der Waals surface area contributed by atoms with Crippen LogP contribution in [0.15, 0.2) is 48.5 Å². The van der Waals surface area contributed by atoms with Crippen LogP contribution >= 0.6 is 0 Å². The number of benzene rings is 2. The van der Waals surface area contributed by atoms with E-state index in [0.717, 1.165) is 16.6 Å². The molecule has 0 aliphatic heterocycles. The number of nitrogens with zero attached hydrogens (tertiary/aromatic N) is 2. The first-order chi connectivity index (χ1) is 16.0. The Bertz CT molecular complexity index is 1090. The molecule has 0 aromatic heterocycles. The first-order valence-electron chi connectivity index (χ1n) is 11.0. The molecule has 0 fully saturated rings. The van der Waals surface area contributed by atoms with Gasteiger partial charge < -0.3 is 10.2 Å². The maximum absolute atomic E-state index is 13.8. The molecule has 0 spiro atoms. The molecule has 186 valence electrons. The van der Waals surface area contributed by atoms with Gasteiger partial charge in [0.15, 0.2) is 0 Å². The number of amides is 2. The van der Waals surface area contributed by atoms with Crippen LogP contribution in [0.5, 0.6) is 0 Å². The summed E-state index contributed by atoms with van der Waals surface area (Å²) >= 11 is 0. The molecule has 2 rings (SSSR count). The van der Waals surface area contributed by atoms with E-state index in [4.69, 9.17) is 0 Å². The predicted octanol–water partition coefficient (Wildman–Crippen LogP) is 3.45. The van der Waals surface area contributed by atoms with E-state index in [2.05, 4.69) is 5.32 Å². The zero-order valence-electron chi connectivity index (χ0n) is 19.8. The lowest BCUT2D eigenvalue weighted by Gasteiger charge is -2.33. The number of sulfonamides is 1. The van der Waals surface area contributed by atoms with E-state index in [1.54, 1.807) is 6.92 Å². The topological polar surface area (TPSA) is 86.8 Å². The SMILES string of the molecule is CC[C@H](C)NC(=O)[C@H](CC)N(Cc1ccc(F)cc1)C(=O)CN(c1cccc(F)c1)S(C)(=O)=O. The van der Waals surface area contributed by atoms with Gasteiger partial charge >= 0.3 is 0 Å². The zero-order chi connectivity index (χ0) is 25.5. The smallest absolute Gasteiger partial charge is 0.244 e. The minimum atomic E-state index is -3.95. The van der Waals surface area contributed by atoms with Gasteiger partial charge in [0.1, 0.15) is 24.2 Å². The van der Waals surface area contributed by atoms with Gasteiger partial charge in [0, 0.05) is 12.6 Å². The summed E-state index contributed by atoms with van der Waals surface area (Å²) in [6, 6.07) is 9.38. The van der Waals surface area contributed by atoms with Crippen molar-refractivity contribution in [1.29, 1.82) is 0 Å². The van der Waals surface area contributed by atoms with Crippen LogP contribution in [0.25, 0.3) is 0 Å².